The van der Waals surface area contributed by atoms with Gasteiger partial charge in [0.2, 0.25) is 5.43 Å². The van der Waals surface area contributed by atoms with Crippen molar-refractivity contribution in [1.82, 2.24) is 0 Å². The van der Waals surface area contributed by atoms with Gasteiger partial charge in [0.1, 0.15) is 11.2 Å². The van der Waals surface area contributed by atoms with Gasteiger partial charge in [0.05, 0.1) is 10.8 Å². The Morgan fingerprint density at radius 1 is 1.05 bits per heavy atom. The van der Waals surface area contributed by atoms with Crippen LogP contribution in [0.25, 0.3) is 21.9 Å². The normalized spacial score (nSPS) is 10.4. The first-order valence-electron chi connectivity index (χ1n) is 6.24. The van der Waals surface area contributed by atoms with Crippen LogP contribution in [0.2, 0.25) is 0 Å². The van der Waals surface area contributed by atoms with Gasteiger partial charge in [0.25, 0.3) is 0 Å². The van der Waals surface area contributed by atoms with E-state index in [1.165, 1.54) is 0 Å². The Bertz CT molecular complexity index is 876. The molecule has 0 unspecified atom stereocenters. The lowest BCUT2D eigenvalue weighted by atomic mass is 10.1. The molecule has 0 aliphatic heterocycles. The first-order valence-corrected chi connectivity index (χ1v) is 6.24. The van der Waals surface area contributed by atoms with E-state index in [0.29, 0.717) is 21.9 Å². The quantitative estimate of drug-likeness (QED) is 0.448. The molecule has 0 amide bonds. The predicted molar refractivity (Wildman–Crippen MR) is 77.2 cm³/mol. The number of fused-ring (bicyclic) bond motifs is 2. The van der Waals surface area contributed by atoms with Crippen molar-refractivity contribution in [3.63, 3.8) is 0 Å². The van der Waals surface area contributed by atoms with E-state index in [-0.39, 0.29) is 5.43 Å². The number of rotatable bonds is 0. The minimum absolute atomic E-state index is 0.00634. The van der Waals surface area contributed by atoms with Gasteiger partial charge in [0.15, 0.2) is 0 Å². The highest BCUT2D eigenvalue weighted by atomic mass is 16.3. The van der Waals surface area contributed by atoms with Gasteiger partial charge in [0, 0.05) is 12.0 Å². The molecule has 0 saturated heterocycles. The zero-order valence-electron chi connectivity index (χ0n) is 10.6. The lowest BCUT2D eigenvalue weighted by Gasteiger charge is -2.01. The van der Waals surface area contributed by atoms with Gasteiger partial charge in [-0.3, -0.25) is 4.79 Å². The fraction of sp³-hybridized carbons (Fsp3) is 0.118. The van der Waals surface area contributed by atoms with Gasteiger partial charge in [-0.15, -0.1) is 0 Å². The fourth-order valence-electron chi connectivity index (χ4n) is 2.07. The van der Waals surface area contributed by atoms with E-state index in [9.17, 15) is 4.79 Å². The van der Waals surface area contributed by atoms with Crippen molar-refractivity contribution in [3.8, 4) is 11.8 Å². The lowest BCUT2D eigenvalue weighted by Crippen LogP contribution is -2.01. The summed E-state index contributed by atoms with van der Waals surface area (Å²) >= 11 is 0. The van der Waals surface area contributed by atoms with Crippen LogP contribution in [0, 0.1) is 11.8 Å². The second kappa shape index (κ2) is 4.62. The molecule has 0 spiro atoms. The van der Waals surface area contributed by atoms with E-state index in [0.717, 1.165) is 12.0 Å². The predicted octanol–water partition coefficient (Wildman–Crippen LogP) is 3.71. The van der Waals surface area contributed by atoms with Crippen LogP contribution in [-0.2, 0) is 0 Å². The molecule has 1 heterocycles. The third kappa shape index (κ3) is 2.00. The van der Waals surface area contributed by atoms with Crippen molar-refractivity contribution >= 4 is 21.9 Å². The van der Waals surface area contributed by atoms with Gasteiger partial charge in [-0.05, 0) is 30.3 Å². The molecule has 0 aliphatic rings. The summed E-state index contributed by atoms with van der Waals surface area (Å²) in [4.78, 5) is 12.3. The molecular weight excluding hydrogens is 236 g/mol. The second-order valence-electron chi connectivity index (χ2n) is 4.29. The van der Waals surface area contributed by atoms with Gasteiger partial charge in [-0.1, -0.05) is 30.9 Å². The Morgan fingerprint density at radius 2 is 1.84 bits per heavy atom. The number of hydrogen-bond donors (Lipinski definition) is 0. The Morgan fingerprint density at radius 3 is 2.68 bits per heavy atom. The molecular formula is C17H12O2. The van der Waals surface area contributed by atoms with Crippen LogP contribution in [0.5, 0.6) is 0 Å². The van der Waals surface area contributed by atoms with Gasteiger partial charge < -0.3 is 4.42 Å². The SMILES string of the molecule is CCC#Cc1ccc2c(=O)c3ccccc3oc2c1. The van der Waals surface area contributed by atoms with Crippen LogP contribution in [0.15, 0.2) is 51.7 Å². The van der Waals surface area contributed by atoms with Crippen molar-refractivity contribution in [2.45, 2.75) is 13.3 Å². The molecule has 3 rings (SSSR count). The topological polar surface area (TPSA) is 30.2 Å². The van der Waals surface area contributed by atoms with E-state index in [4.69, 9.17) is 4.42 Å². The molecule has 19 heavy (non-hydrogen) atoms. The molecule has 0 aliphatic carbocycles. The van der Waals surface area contributed by atoms with Crippen molar-refractivity contribution in [2.24, 2.45) is 0 Å². The Hall–Kier alpha value is -2.53. The van der Waals surface area contributed by atoms with Crippen LogP contribution in [0.1, 0.15) is 18.9 Å². The van der Waals surface area contributed by atoms with E-state index < -0.39 is 0 Å². The Kier molecular flexibility index (Phi) is 2.81. The fourth-order valence-corrected chi connectivity index (χ4v) is 2.07. The Balaban J connectivity index is 2.35. The maximum atomic E-state index is 12.3. The number of para-hydroxylation sites is 1. The average molecular weight is 248 g/mol. The van der Waals surface area contributed by atoms with E-state index in [1.807, 2.05) is 31.2 Å². The zero-order chi connectivity index (χ0) is 13.2. The van der Waals surface area contributed by atoms with Gasteiger partial charge >= 0.3 is 0 Å². The van der Waals surface area contributed by atoms with Crippen LogP contribution < -0.4 is 5.43 Å². The molecule has 3 aromatic rings. The molecule has 2 nitrogen and oxygen atoms in total. The molecule has 0 fully saturated rings. The van der Waals surface area contributed by atoms with Crippen molar-refractivity contribution in [3.05, 3.63) is 58.3 Å². The molecule has 0 radical (unpaired) electrons. The first-order chi connectivity index (χ1) is 9.29. The number of benzene rings is 2. The smallest absolute Gasteiger partial charge is 0.200 e. The van der Waals surface area contributed by atoms with E-state index in [2.05, 4.69) is 11.8 Å². The maximum absolute atomic E-state index is 12.3. The highest BCUT2D eigenvalue weighted by molar-refractivity contribution is 5.90. The summed E-state index contributed by atoms with van der Waals surface area (Å²) in [5, 5.41) is 1.21. The summed E-state index contributed by atoms with van der Waals surface area (Å²) < 4.78 is 5.78. The Labute approximate surface area is 110 Å². The van der Waals surface area contributed by atoms with Gasteiger partial charge in [-0.2, -0.15) is 0 Å². The van der Waals surface area contributed by atoms with Crippen molar-refractivity contribution in [1.29, 1.82) is 0 Å². The van der Waals surface area contributed by atoms with Crippen LogP contribution in [0.4, 0.5) is 0 Å². The molecule has 0 saturated carbocycles. The molecule has 0 bridgehead atoms. The summed E-state index contributed by atoms with van der Waals surface area (Å²) in [5.74, 6) is 6.05. The molecule has 2 aromatic carbocycles. The second-order valence-corrected chi connectivity index (χ2v) is 4.29. The van der Waals surface area contributed by atoms with Gasteiger partial charge in [-0.25, -0.2) is 0 Å². The van der Waals surface area contributed by atoms with Crippen LogP contribution in [-0.4, -0.2) is 0 Å². The summed E-state index contributed by atoms with van der Waals surface area (Å²) in [6, 6.07) is 12.8. The highest BCUT2D eigenvalue weighted by Gasteiger charge is 2.06. The third-order valence-electron chi connectivity index (χ3n) is 2.99. The monoisotopic (exact) mass is 248 g/mol. The molecule has 0 N–H and O–H groups in total. The first kappa shape index (κ1) is 11.6. The standard InChI is InChI=1S/C17H12O2/c1-2-3-6-12-9-10-14-16(11-12)19-15-8-5-4-7-13(15)17(14)18/h4-5,7-11H,2H2,1H3. The maximum Gasteiger partial charge on any atom is 0.200 e. The molecule has 92 valence electrons. The minimum Gasteiger partial charge on any atom is -0.456 e. The largest absolute Gasteiger partial charge is 0.456 e. The minimum atomic E-state index is 0.00634. The average Bonchev–Trinajstić information content (AvgIpc) is 2.45. The summed E-state index contributed by atoms with van der Waals surface area (Å²) in [7, 11) is 0. The van der Waals surface area contributed by atoms with E-state index in [1.54, 1.807) is 18.2 Å². The molecule has 1 aromatic heterocycles. The number of hydrogen-bond acceptors (Lipinski definition) is 2. The summed E-state index contributed by atoms with van der Waals surface area (Å²) in [5.41, 5.74) is 2.08. The zero-order valence-corrected chi connectivity index (χ0v) is 10.6. The highest BCUT2D eigenvalue weighted by Crippen LogP contribution is 2.19. The molecule has 2 heteroatoms. The van der Waals surface area contributed by atoms with E-state index >= 15 is 0 Å². The van der Waals surface area contributed by atoms with Crippen LogP contribution in [0.3, 0.4) is 0 Å². The summed E-state index contributed by atoms with van der Waals surface area (Å²) in [6.07, 6.45) is 0.805. The third-order valence-corrected chi connectivity index (χ3v) is 2.99. The van der Waals surface area contributed by atoms with Crippen LogP contribution >= 0.6 is 0 Å². The molecule has 0 atom stereocenters. The summed E-state index contributed by atoms with van der Waals surface area (Å²) in [6.45, 7) is 2.00. The van der Waals surface area contributed by atoms with Crippen molar-refractivity contribution < 1.29 is 4.42 Å². The van der Waals surface area contributed by atoms with Crippen molar-refractivity contribution in [2.75, 3.05) is 0 Å². The lowest BCUT2D eigenvalue weighted by molar-refractivity contribution is 0.660.